The predicted octanol–water partition coefficient (Wildman–Crippen LogP) is 3.70. The van der Waals surface area contributed by atoms with E-state index in [2.05, 4.69) is 22.1 Å². The van der Waals surface area contributed by atoms with Gasteiger partial charge < -0.3 is 19.9 Å². The topological polar surface area (TPSA) is 74.4 Å². The van der Waals surface area contributed by atoms with E-state index in [1.54, 1.807) is 5.38 Å². The summed E-state index contributed by atoms with van der Waals surface area (Å²) in [7, 11) is 0. The first-order chi connectivity index (χ1) is 14.2. The van der Waals surface area contributed by atoms with E-state index < -0.39 is 35.3 Å². The Labute approximate surface area is 176 Å². The van der Waals surface area contributed by atoms with Crippen LogP contribution in [0.3, 0.4) is 0 Å². The zero-order valence-corrected chi connectivity index (χ0v) is 17.6. The zero-order valence-electron chi connectivity index (χ0n) is 16.8. The lowest BCUT2D eigenvalue weighted by Gasteiger charge is -2.34. The Bertz CT molecular complexity index is 949. The number of thiophene rings is 1. The van der Waals surface area contributed by atoms with Crippen molar-refractivity contribution in [2.24, 2.45) is 0 Å². The number of rotatable bonds is 6. The first-order valence-corrected chi connectivity index (χ1v) is 10.6. The third-order valence-electron chi connectivity index (χ3n) is 5.29. The van der Waals surface area contributed by atoms with Gasteiger partial charge in [0, 0.05) is 49.5 Å². The molecule has 0 aliphatic carbocycles. The number of aromatic nitrogens is 1. The van der Waals surface area contributed by atoms with Gasteiger partial charge in [-0.3, -0.25) is 9.59 Å². The maximum atomic E-state index is 13.2. The zero-order chi connectivity index (χ0) is 21.9. The van der Waals surface area contributed by atoms with Crippen molar-refractivity contribution in [3.63, 3.8) is 0 Å². The number of nitrogens with zero attached hydrogens (tertiary/aromatic N) is 1. The quantitative estimate of drug-likeness (QED) is 0.714. The average Bonchev–Trinajstić information content (AvgIpc) is 3.09. The largest absolute Gasteiger partial charge is 0.416 e. The molecule has 1 saturated heterocycles. The van der Waals surface area contributed by atoms with Crippen LogP contribution < -0.4 is 15.8 Å². The monoisotopic (exact) mass is 443 g/mol. The fraction of sp³-hybridized carbons (Fsp3) is 0.500. The first-order valence-electron chi connectivity index (χ1n) is 9.72. The maximum Gasteiger partial charge on any atom is 0.416 e. The van der Waals surface area contributed by atoms with Crippen molar-refractivity contribution in [3.05, 3.63) is 50.3 Å². The van der Waals surface area contributed by atoms with Gasteiger partial charge in [0.05, 0.1) is 16.1 Å². The van der Waals surface area contributed by atoms with Crippen molar-refractivity contribution in [2.75, 3.05) is 24.7 Å². The van der Waals surface area contributed by atoms with Gasteiger partial charge in [-0.25, -0.2) is 0 Å². The molecule has 2 N–H and O–H groups in total. The van der Waals surface area contributed by atoms with Crippen LogP contribution in [0.4, 0.5) is 18.2 Å². The van der Waals surface area contributed by atoms with E-state index in [9.17, 15) is 22.8 Å². The molecule has 1 fully saturated rings. The summed E-state index contributed by atoms with van der Waals surface area (Å²) in [5, 5.41) is 5.15. The minimum atomic E-state index is -4.68. The number of aromatic amines is 1. The van der Waals surface area contributed by atoms with Crippen LogP contribution in [0.15, 0.2) is 22.4 Å². The smallest absolute Gasteiger partial charge is 0.381 e. The molecule has 2 aromatic heterocycles. The second-order valence-corrected chi connectivity index (χ2v) is 7.95. The number of anilines is 1. The molecule has 0 radical (unpaired) electrons. The molecular weight excluding hydrogens is 419 g/mol. The van der Waals surface area contributed by atoms with Crippen LogP contribution in [0.25, 0.3) is 0 Å². The number of ether oxygens (including phenoxy) is 1. The summed E-state index contributed by atoms with van der Waals surface area (Å²) in [5.41, 5.74) is -1.25. The number of alkyl halides is 3. The van der Waals surface area contributed by atoms with Gasteiger partial charge in [-0.2, -0.15) is 13.2 Å². The van der Waals surface area contributed by atoms with Gasteiger partial charge in [-0.05, 0) is 38.3 Å². The predicted molar refractivity (Wildman–Crippen MR) is 109 cm³/mol. The highest BCUT2D eigenvalue weighted by Crippen LogP contribution is 2.34. The van der Waals surface area contributed by atoms with Crippen molar-refractivity contribution in [3.8, 4) is 0 Å². The summed E-state index contributed by atoms with van der Waals surface area (Å²) in [5.74, 6) is -0.505. The summed E-state index contributed by atoms with van der Waals surface area (Å²) < 4.78 is 44.9. The van der Waals surface area contributed by atoms with Gasteiger partial charge in [-0.1, -0.05) is 0 Å². The van der Waals surface area contributed by atoms with Gasteiger partial charge in [0.1, 0.15) is 0 Å². The Morgan fingerprint density at radius 1 is 1.37 bits per heavy atom. The van der Waals surface area contributed by atoms with Gasteiger partial charge >= 0.3 is 6.18 Å². The average molecular weight is 443 g/mol. The molecule has 1 aliphatic heterocycles. The maximum absolute atomic E-state index is 13.2. The van der Waals surface area contributed by atoms with Crippen LogP contribution >= 0.6 is 11.3 Å². The SMILES string of the molecule is CCN(c1scc(C(=O)NCc2c(C(F)(F)F)cc[nH]c2=O)c1C)C1CCOCC1. The van der Waals surface area contributed by atoms with Crippen LogP contribution in [0.2, 0.25) is 0 Å². The van der Waals surface area contributed by atoms with Crippen LogP contribution in [-0.4, -0.2) is 36.7 Å². The fourth-order valence-corrected chi connectivity index (χ4v) is 4.91. The number of pyridine rings is 1. The van der Waals surface area contributed by atoms with E-state index in [-0.39, 0.29) is 0 Å². The van der Waals surface area contributed by atoms with E-state index in [4.69, 9.17) is 4.74 Å². The Balaban J connectivity index is 1.77. The number of amides is 1. The number of hydrogen-bond donors (Lipinski definition) is 2. The minimum Gasteiger partial charge on any atom is -0.381 e. The molecule has 0 spiro atoms. The Morgan fingerprint density at radius 3 is 2.70 bits per heavy atom. The molecular formula is C20H24F3N3O3S. The van der Waals surface area contributed by atoms with Crippen LogP contribution in [0.1, 0.15) is 46.8 Å². The van der Waals surface area contributed by atoms with Gasteiger partial charge in [0.2, 0.25) is 0 Å². The molecule has 0 atom stereocenters. The van der Waals surface area contributed by atoms with Gasteiger partial charge in [0.25, 0.3) is 11.5 Å². The van der Waals surface area contributed by atoms with Crippen molar-refractivity contribution in [1.82, 2.24) is 10.3 Å². The Kier molecular flexibility index (Phi) is 6.87. The van der Waals surface area contributed by atoms with E-state index in [1.807, 2.05) is 6.92 Å². The molecule has 1 amide bonds. The molecule has 0 saturated carbocycles. The van der Waals surface area contributed by atoms with Crippen molar-refractivity contribution in [1.29, 1.82) is 0 Å². The van der Waals surface area contributed by atoms with Gasteiger partial charge in [-0.15, -0.1) is 11.3 Å². The highest BCUT2D eigenvalue weighted by Gasteiger charge is 2.34. The first kappa shape index (κ1) is 22.4. The highest BCUT2D eigenvalue weighted by molar-refractivity contribution is 7.14. The molecule has 0 aromatic carbocycles. The molecule has 30 heavy (non-hydrogen) atoms. The number of hydrogen-bond acceptors (Lipinski definition) is 5. The summed E-state index contributed by atoms with van der Waals surface area (Å²) in [4.78, 5) is 29.0. The van der Waals surface area contributed by atoms with Crippen LogP contribution in [0.5, 0.6) is 0 Å². The molecule has 6 nitrogen and oxygen atoms in total. The second-order valence-electron chi connectivity index (χ2n) is 7.09. The van der Waals surface area contributed by atoms with E-state index in [0.29, 0.717) is 24.8 Å². The second kappa shape index (κ2) is 9.22. The normalized spacial score (nSPS) is 15.2. The number of halogens is 3. The summed E-state index contributed by atoms with van der Waals surface area (Å²) >= 11 is 1.44. The number of carbonyl (C=O) groups excluding carboxylic acids is 1. The third-order valence-corrected chi connectivity index (χ3v) is 6.40. The molecule has 1 aliphatic rings. The Hall–Kier alpha value is -2.33. The lowest BCUT2D eigenvalue weighted by atomic mass is 10.1. The highest BCUT2D eigenvalue weighted by atomic mass is 32.1. The van der Waals surface area contributed by atoms with E-state index in [0.717, 1.165) is 42.2 Å². The molecule has 0 bridgehead atoms. The van der Waals surface area contributed by atoms with Gasteiger partial charge in [0.15, 0.2) is 0 Å². The molecule has 2 aromatic rings. The Morgan fingerprint density at radius 2 is 2.07 bits per heavy atom. The summed E-state index contributed by atoms with van der Waals surface area (Å²) in [6.45, 7) is 5.55. The molecule has 10 heteroatoms. The van der Waals surface area contributed by atoms with Crippen LogP contribution in [0, 0.1) is 6.92 Å². The molecule has 3 heterocycles. The number of H-pyrrole nitrogens is 1. The van der Waals surface area contributed by atoms with E-state index in [1.165, 1.54) is 11.3 Å². The minimum absolute atomic E-state index is 0.328. The summed E-state index contributed by atoms with van der Waals surface area (Å²) in [6.07, 6.45) is -1.92. The van der Waals surface area contributed by atoms with Crippen molar-refractivity contribution >= 4 is 22.2 Å². The van der Waals surface area contributed by atoms with Crippen molar-refractivity contribution < 1.29 is 22.7 Å². The molecule has 0 unspecified atom stereocenters. The third kappa shape index (κ3) is 4.70. The number of carbonyl (C=O) groups is 1. The standard InChI is InChI=1S/C20H24F3N3O3S/c1-3-26(13-5-8-29-9-6-13)19-12(2)15(11-30-19)18(28)25-10-14-16(20(21,22)23)4-7-24-17(14)27/h4,7,11,13H,3,5-6,8-10H2,1-2H3,(H,24,27)(H,25,28). The van der Waals surface area contributed by atoms with Crippen molar-refractivity contribution in [2.45, 2.75) is 45.5 Å². The number of nitrogens with one attached hydrogen (secondary N) is 2. The van der Waals surface area contributed by atoms with Crippen LogP contribution in [-0.2, 0) is 17.5 Å². The lowest BCUT2D eigenvalue weighted by Crippen LogP contribution is -2.39. The van der Waals surface area contributed by atoms with E-state index >= 15 is 0 Å². The fourth-order valence-electron chi connectivity index (χ4n) is 3.69. The molecule has 164 valence electrons. The molecule has 3 rings (SSSR count). The lowest BCUT2D eigenvalue weighted by molar-refractivity contribution is -0.138. The summed E-state index contributed by atoms with van der Waals surface area (Å²) in [6, 6.07) is 1.12.